The molecule has 0 heterocycles. The van der Waals surface area contributed by atoms with E-state index in [1.165, 1.54) is 6.07 Å². The number of anilines is 1. The monoisotopic (exact) mass is 655 g/mol. The van der Waals surface area contributed by atoms with Gasteiger partial charge in [-0.1, -0.05) is 43.5 Å². The molecule has 0 aliphatic heterocycles. The summed E-state index contributed by atoms with van der Waals surface area (Å²) < 4.78 is 97.0. The van der Waals surface area contributed by atoms with Crippen molar-refractivity contribution >= 4 is 27.6 Å². The Hall–Kier alpha value is -4.08. The van der Waals surface area contributed by atoms with Crippen molar-refractivity contribution in [3.8, 4) is 5.75 Å². The summed E-state index contributed by atoms with van der Waals surface area (Å²) in [6, 6.07) is 8.43. The van der Waals surface area contributed by atoms with Crippen LogP contribution in [0.25, 0.3) is 0 Å². The van der Waals surface area contributed by atoms with Crippen LogP contribution in [0.15, 0.2) is 47.4 Å². The summed E-state index contributed by atoms with van der Waals surface area (Å²) >= 11 is 0. The minimum Gasteiger partial charge on any atom is -0.507 e. The van der Waals surface area contributed by atoms with E-state index in [4.69, 9.17) is 5.73 Å². The highest BCUT2D eigenvalue weighted by Gasteiger charge is 2.41. The largest absolute Gasteiger partial charge is 0.507 e. The number of carboxylic acids is 1. The molecular formula is C30H30F5N3O6S. The van der Waals surface area contributed by atoms with Gasteiger partial charge in [-0.2, -0.15) is 4.31 Å². The summed E-state index contributed by atoms with van der Waals surface area (Å²) in [4.78, 5) is 24.2. The molecule has 1 saturated carbocycles. The van der Waals surface area contributed by atoms with E-state index in [9.17, 15) is 50.2 Å². The van der Waals surface area contributed by atoms with Crippen LogP contribution in [0.1, 0.15) is 59.5 Å². The molecule has 0 radical (unpaired) electrons. The molecule has 0 spiro atoms. The van der Waals surface area contributed by atoms with E-state index in [1.54, 1.807) is 12.1 Å². The van der Waals surface area contributed by atoms with Crippen LogP contribution in [0.5, 0.6) is 5.75 Å². The lowest BCUT2D eigenvalue weighted by Gasteiger charge is -2.32. The third-order valence-corrected chi connectivity index (χ3v) is 9.83. The Morgan fingerprint density at radius 1 is 0.911 bits per heavy atom. The molecular weight excluding hydrogens is 625 g/mol. The molecule has 3 aromatic carbocycles. The number of likely N-dealkylation sites (N-methyl/N-ethyl adjacent to an activating group) is 1. The Kier molecular flexibility index (Phi) is 10.1. The highest BCUT2D eigenvalue weighted by Crippen LogP contribution is 2.34. The number of carbonyl (C=O) groups is 2. The molecule has 4 rings (SSSR count). The van der Waals surface area contributed by atoms with Crippen molar-refractivity contribution in [2.75, 3.05) is 18.5 Å². The van der Waals surface area contributed by atoms with Crippen molar-refractivity contribution < 1.29 is 50.2 Å². The first kappa shape index (κ1) is 33.8. The van der Waals surface area contributed by atoms with Gasteiger partial charge in [0, 0.05) is 25.3 Å². The Morgan fingerprint density at radius 3 is 1.98 bits per heavy atom. The number of rotatable bonds is 10. The summed E-state index contributed by atoms with van der Waals surface area (Å²) in [5.41, 5.74) is 6.77. The number of hydrogen-bond acceptors (Lipinski definition) is 6. The second-order valence-corrected chi connectivity index (χ2v) is 12.6. The van der Waals surface area contributed by atoms with Crippen LogP contribution in [-0.2, 0) is 21.4 Å². The number of aromatic hydroxyl groups is 1. The third-order valence-electron chi connectivity index (χ3n) is 7.94. The van der Waals surface area contributed by atoms with Gasteiger partial charge in [0.25, 0.3) is 0 Å². The minimum atomic E-state index is -5.57. The molecule has 0 bridgehead atoms. The smallest absolute Gasteiger partial charge is 0.339 e. The summed E-state index contributed by atoms with van der Waals surface area (Å²) in [5.74, 6) is -15.7. The molecule has 0 unspecified atom stereocenters. The average molecular weight is 656 g/mol. The molecule has 1 atom stereocenters. The average Bonchev–Trinajstić information content (AvgIpc) is 3.02. The van der Waals surface area contributed by atoms with Gasteiger partial charge >= 0.3 is 5.97 Å². The maximum atomic E-state index is 14.5. The Labute approximate surface area is 255 Å². The Bertz CT molecular complexity index is 1690. The zero-order chi connectivity index (χ0) is 33.2. The van der Waals surface area contributed by atoms with E-state index in [-0.39, 0.29) is 16.5 Å². The van der Waals surface area contributed by atoms with E-state index in [2.05, 4.69) is 0 Å². The van der Waals surface area contributed by atoms with E-state index >= 15 is 0 Å². The van der Waals surface area contributed by atoms with E-state index < -0.39 is 79.8 Å². The second kappa shape index (κ2) is 13.5. The molecule has 0 aromatic heterocycles. The van der Waals surface area contributed by atoms with Crippen LogP contribution in [0, 0.1) is 29.1 Å². The maximum Gasteiger partial charge on any atom is 0.339 e. The fourth-order valence-corrected chi connectivity index (χ4v) is 6.82. The van der Waals surface area contributed by atoms with E-state index in [0.717, 1.165) is 54.7 Å². The molecule has 4 N–H and O–H groups in total. The van der Waals surface area contributed by atoms with Gasteiger partial charge in [-0.05, 0) is 42.0 Å². The quantitative estimate of drug-likeness (QED) is 0.158. The fraction of sp³-hybridized carbons (Fsp3) is 0.333. The Morgan fingerprint density at radius 2 is 1.47 bits per heavy atom. The predicted molar refractivity (Wildman–Crippen MR) is 153 cm³/mol. The van der Waals surface area contributed by atoms with E-state index in [0.29, 0.717) is 18.5 Å². The predicted octanol–water partition coefficient (Wildman–Crippen LogP) is 5.01. The zero-order valence-electron chi connectivity index (χ0n) is 23.9. The molecule has 1 aliphatic rings. The van der Waals surface area contributed by atoms with Gasteiger partial charge in [0.05, 0.1) is 6.54 Å². The van der Waals surface area contributed by atoms with Crippen molar-refractivity contribution in [1.29, 1.82) is 0 Å². The van der Waals surface area contributed by atoms with Gasteiger partial charge in [0.2, 0.25) is 21.7 Å². The number of nitrogens with zero attached hydrogens (tertiary/aromatic N) is 2. The van der Waals surface area contributed by atoms with E-state index in [1.807, 2.05) is 12.1 Å². The molecule has 242 valence electrons. The van der Waals surface area contributed by atoms with Gasteiger partial charge < -0.3 is 20.8 Å². The van der Waals surface area contributed by atoms with Gasteiger partial charge in [0.15, 0.2) is 28.2 Å². The van der Waals surface area contributed by atoms with Crippen LogP contribution in [-0.4, -0.2) is 54.4 Å². The van der Waals surface area contributed by atoms with Gasteiger partial charge in [-0.15, -0.1) is 0 Å². The minimum absolute atomic E-state index is 0.0955. The number of carbonyl (C=O) groups excluding carboxylic acids is 1. The van der Waals surface area contributed by atoms with Crippen LogP contribution in [0.3, 0.4) is 0 Å². The van der Waals surface area contributed by atoms with Crippen LogP contribution >= 0.6 is 0 Å². The second-order valence-electron chi connectivity index (χ2n) is 10.7. The van der Waals surface area contributed by atoms with Crippen molar-refractivity contribution in [3.05, 3.63) is 88.2 Å². The third kappa shape index (κ3) is 6.65. The fourth-order valence-electron chi connectivity index (χ4n) is 5.39. The highest BCUT2D eigenvalue weighted by atomic mass is 32.2. The molecule has 1 amide bonds. The SMILES string of the molecule is CN([C@H](CN)C(=O)N(Cc1ccc(C2CCCCC2)cc1)c1ccc(C(=O)O)c(O)c1)S(=O)(=O)c1c(F)c(F)c(F)c(F)c1F. The molecule has 1 fully saturated rings. The molecule has 1 aliphatic carbocycles. The summed E-state index contributed by atoms with van der Waals surface area (Å²) in [6.07, 6.45) is 5.43. The summed E-state index contributed by atoms with van der Waals surface area (Å²) in [5, 5.41) is 19.6. The number of nitrogens with two attached hydrogens (primary N) is 1. The number of hydrogen-bond donors (Lipinski definition) is 3. The summed E-state index contributed by atoms with van der Waals surface area (Å²) in [7, 11) is -4.88. The Balaban J connectivity index is 1.74. The zero-order valence-corrected chi connectivity index (χ0v) is 24.8. The van der Waals surface area contributed by atoms with Gasteiger partial charge in [-0.25, -0.2) is 35.2 Å². The summed E-state index contributed by atoms with van der Waals surface area (Å²) in [6.45, 7) is -1.07. The van der Waals surface area contributed by atoms with Crippen LogP contribution in [0.4, 0.5) is 27.6 Å². The number of halogens is 5. The number of amides is 1. The standard InChI is InChI=1S/C30H30F5N3O6S/c1-37(45(43,44)28-26(34)24(32)23(31)25(33)27(28)35)21(14-36)29(40)38(19-11-12-20(30(41)42)22(39)13-19)15-16-7-9-18(10-8-16)17-5-3-2-4-6-17/h7-13,17,21,39H,2-6,14-15,36H2,1H3,(H,41,42)/t21-/m1/s1. The van der Waals surface area contributed by atoms with Crippen molar-refractivity contribution in [1.82, 2.24) is 4.31 Å². The number of phenols is 1. The lowest BCUT2D eigenvalue weighted by atomic mass is 9.84. The van der Waals surface area contributed by atoms with Crippen molar-refractivity contribution in [3.63, 3.8) is 0 Å². The number of sulfonamides is 1. The number of carboxylic acid groups (broad SMARTS) is 1. The van der Waals surface area contributed by atoms with Crippen LogP contribution in [0.2, 0.25) is 0 Å². The molecule has 3 aromatic rings. The topological polar surface area (TPSA) is 141 Å². The first-order valence-electron chi connectivity index (χ1n) is 13.9. The first-order valence-corrected chi connectivity index (χ1v) is 15.3. The molecule has 15 heteroatoms. The first-order chi connectivity index (χ1) is 21.2. The lowest BCUT2D eigenvalue weighted by Crippen LogP contribution is -2.53. The molecule has 0 saturated heterocycles. The van der Waals surface area contributed by atoms with Crippen molar-refractivity contribution in [2.45, 2.75) is 55.5 Å². The van der Waals surface area contributed by atoms with Crippen molar-refractivity contribution in [2.24, 2.45) is 5.73 Å². The molecule has 9 nitrogen and oxygen atoms in total. The van der Waals surface area contributed by atoms with Gasteiger partial charge in [-0.3, -0.25) is 4.79 Å². The number of benzene rings is 3. The normalized spacial score (nSPS) is 14.8. The number of aromatic carboxylic acids is 1. The molecule has 45 heavy (non-hydrogen) atoms. The van der Waals surface area contributed by atoms with Crippen LogP contribution < -0.4 is 10.6 Å². The van der Waals surface area contributed by atoms with Gasteiger partial charge in [0.1, 0.15) is 17.4 Å². The highest BCUT2D eigenvalue weighted by molar-refractivity contribution is 7.89. The maximum absolute atomic E-state index is 14.5. The lowest BCUT2D eigenvalue weighted by molar-refractivity contribution is -0.121.